The number of rotatable bonds is 8. The number of aromatic nitrogens is 1. The fourth-order valence-electron chi connectivity index (χ4n) is 2.96. The van der Waals surface area contributed by atoms with E-state index in [4.69, 9.17) is 4.74 Å². The van der Waals surface area contributed by atoms with Crippen LogP contribution >= 0.6 is 0 Å². The average Bonchev–Trinajstić information content (AvgIpc) is 2.73. The van der Waals surface area contributed by atoms with E-state index in [0.29, 0.717) is 23.3 Å². The van der Waals surface area contributed by atoms with Gasteiger partial charge in [-0.1, -0.05) is 31.5 Å². The molecule has 0 unspecified atom stereocenters. The Hall–Kier alpha value is -3.35. The van der Waals surface area contributed by atoms with Gasteiger partial charge in [0.25, 0.3) is 11.5 Å². The summed E-state index contributed by atoms with van der Waals surface area (Å²) < 4.78 is 18.9. The Balaban J connectivity index is 1.87. The van der Waals surface area contributed by atoms with Crippen molar-refractivity contribution in [1.29, 1.82) is 0 Å². The molecule has 152 valence electrons. The van der Waals surface area contributed by atoms with Crippen LogP contribution in [0.1, 0.15) is 35.7 Å². The number of hydrogen-bond donors (Lipinski definition) is 3. The Morgan fingerprint density at radius 3 is 2.62 bits per heavy atom. The molecule has 0 aliphatic rings. The molecular formula is C22H24FN3O3. The normalized spacial score (nSPS) is 10.7. The first kappa shape index (κ1) is 20.4. The van der Waals surface area contributed by atoms with Crippen molar-refractivity contribution in [2.45, 2.75) is 26.3 Å². The number of halogens is 1. The summed E-state index contributed by atoms with van der Waals surface area (Å²) in [5.74, 6) is -0.276. The number of fused-ring (bicyclic) bond motifs is 1. The maximum Gasteiger partial charge on any atom is 0.261 e. The lowest BCUT2D eigenvalue weighted by Crippen LogP contribution is -2.29. The molecule has 0 aliphatic heterocycles. The quantitative estimate of drug-likeness (QED) is 0.506. The van der Waals surface area contributed by atoms with Crippen molar-refractivity contribution in [2.24, 2.45) is 0 Å². The number of hydrogen-bond acceptors (Lipinski definition) is 4. The predicted octanol–water partition coefficient (Wildman–Crippen LogP) is 3.82. The van der Waals surface area contributed by atoms with Gasteiger partial charge in [-0.3, -0.25) is 9.59 Å². The minimum atomic E-state index is -0.497. The van der Waals surface area contributed by atoms with E-state index < -0.39 is 11.5 Å². The Bertz CT molecular complexity index is 1060. The summed E-state index contributed by atoms with van der Waals surface area (Å²) in [6.07, 6.45) is 1.89. The van der Waals surface area contributed by atoms with Gasteiger partial charge in [-0.15, -0.1) is 0 Å². The molecule has 0 atom stereocenters. The molecule has 0 bridgehead atoms. The summed E-state index contributed by atoms with van der Waals surface area (Å²) in [4.78, 5) is 27.9. The van der Waals surface area contributed by atoms with Gasteiger partial charge in [0, 0.05) is 19.0 Å². The van der Waals surface area contributed by atoms with E-state index in [1.54, 1.807) is 25.2 Å². The number of pyridine rings is 1. The van der Waals surface area contributed by atoms with Crippen molar-refractivity contribution in [3.05, 3.63) is 69.8 Å². The fraction of sp³-hybridized carbons (Fsp3) is 0.273. The lowest BCUT2D eigenvalue weighted by atomic mass is 10.1. The van der Waals surface area contributed by atoms with Crippen LogP contribution in [0.15, 0.2) is 47.3 Å². The SMILES string of the molecule is CCCCOc1c(NC)ccc2cc(C(=O)NCc3ccc([18F])cc3)c(=O)[nH]c12. The zero-order chi connectivity index (χ0) is 20.8. The van der Waals surface area contributed by atoms with Gasteiger partial charge in [0.2, 0.25) is 0 Å². The highest BCUT2D eigenvalue weighted by molar-refractivity contribution is 5.99. The van der Waals surface area contributed by atoms with Crippen molar-refractivity contribution in [2.75, 3.05) is 19.0 Å². The molecule has 3 rings (SSSR count). The molecule has 0 aliphatic carbocycles. The van der Waals surface area contributed by atoms with Gasteiger partial charge in [-0.2, -0.15) is 0 Å². The van der Waals surface area contributed by atoms with Gasteiger partial charge in [-0.05, 0) is 36.2 Å². The van der Waals surface area contributed by atoms with Crippen LogP contribution in [0.4, 0.5) is 10.1 Å². The van der Waals surface area contributed by atoms with E-state index in [1.165, 1.54) is 12.1 Å². The van der Waals surface area contributed by atoms with Crippen molar-refractivity contribution in [1.82, 2.24) is 10.3 Å². The molecule has 29 heavy (non-hydrogen) atoms. The summed E-state index contributed by atoms with van der Waals surface area (Å²) in [7, 11) is 1.78. The number of H-pyrrole nitrogens is 1. The van der Waals surface area contributed by atoms with Crippen molar-refractivity contribution in [3.8, 4) is 5.75 Å². The largest absolute Gasteiger partial charge is 0.489 e. The second kappa shape index (κ2) is 9.23. The third-order valence-electron chi connectivity index (χ3n) is 4.60. The Kier molecular flexibility index (Phi) is 6.49. The molecule has 3 aromatic rings. The average molecular weight is 396 g/mol. The molecule has 0 saturated heterocycles. The topological polar surface area (TPSA) is 83.2 Å². The zero-order valence-corrected chi connectivity index (χ0v) is 16.5. The number of amides is 1. The van der Waals surface area contributed by atoms with Crippen LogP contribution in [0.25, 0.3) is 10.9 Å². The van der Waals surface area contributed by atoms with E-state index in [2.05, 4.69) is 22.5 Å². The molecule has 0 radical (unpaired) electrons. The fourth-order valence-corrected chi connectivity index (χ4v) is 2.96. The second-order valence-corrected chi connectivity index (χ2v) is 6.68. The summed E-state index contributed by atoms with van der Waals surface area (Å²) in [5, 5.41) is 6.45. The van der Waals surface area contributed by atoms with E-state index in [1.807, 2.05) is 12.1 Å². The van der Waals surface area contributed by atoms with E-state index in [-0.39, 0.29) is 17.9 Å². The van der Waals surface area contributed by atoms with E-state index >= 15 is 0 Å². The molecular weight excluding hydrogens is 372 g/mol. The summed E-state index contributed by atoms with van der Waals surface area (Å²) in [5.41, 5.74) is 1.56. The van der Waals surface area contributed by atoms with Gasteiger partial charge in [0.15, 0.2) is 5.75 Å². The molecule has 1 amide bonds. The lowest BCUT2D eigenvalue weighted by Gasteiger charge is -2.14. The summed E-state index contributed by atoms with van der Waals surface area (Å²) >= 11 is 0. The third-order valence-corrected chi connectivity index (χ3v) is 4.60. The van der Waals surface area contributed by atoms with Gasteiger partial charge in [0.05, 0.1) is 17.8 Å². The third kappa shape index (κ3) is 4.74. The molecule has 6 nitrogen and oxygen atoms in total. The van der Waals surface area contributed by atoms with Crippen LogP contribution in [-0.2, 0) is 6.54 Å². The molecule has 3 N–H and O–H groups in total. The Morgan fingerprint density at radius 1 is 1.17 bits per heavy atom. The summed E-state index contributed by atoms with van der Waals surface area (Å²) in [6.45, 7) is 2.80. The number of anilines is 1. The smallest absolute Gasteiger partial charge is 0.261 e. The van der Waals surface area contributed by atoms with Gasteiger partial charge in [0.1, 0.15) is 11.4 Å². The first-order valence-electron chi connectivity index (χ1n) is 9.56. The minimum absolute atomic E-state index is 0.0105. The molecule has 2 aromatic carbocycles. The zero-order valence-electron chi connectivity index (χ0n) is 16.5. The van der Waals surface area contributed by atoms with Gasteiger partial charge < -0.3 is 20.4 Å². The lowest BCUT2D eigenvalue weighted by molar-refractivity contribution is 0.0949. The molecule has 0 spiro atoms. The van der Waals surface area contributed by atoms with Crippen LogP contribution in [0, 0.1) is 5.82 Å². The molecule has 1 aromatic heterocycles. The number of aromatic amines is 1. The molecule has 0 fully saturated rings. The second-order valence-electron chi connectivity index (χ2n) is 6.68. The maximum atomic E-state index is 13.0. The predicted molar refractivity (Wildman–Crippen MR) is 112 cm³/mol. The molecule has 7 heteroatoms. The van der Waals surface area contributed by atoms with Crippen molar-refractivity contribution in [3.63, 3.8) is 0 Å². The van der Waals surface area contributed by atoms with Crippen molar-refractivity contribution < 1.29 is 13.9 Å². The number of nitrogens with one attached hydrogen (secondary N) is 3. The van der Waals surface area contributed by atoms with Crippen LogP contribution in [0.2, 0.25) is 0 Å². The standard InChI is InChI=1S/C22H24FN3O3/c1-3-4-11-29-20-18(24-2)10-7-15-12-17(22(28)26-19(15)20)21(27)25-13-14-5-8-16(23)9-6-14/h5-10,12,24H,3-4,11,13H2,1-2H3,(H,25,27)(H,26,28)/i23-1. The molecule has 0 saturated carbocycles. The number of benzene rings is 2. The van der Waals surface area contributed by atoms with E-state index in [0.717, 1.165) is 24.1 Å². The first-order chi connectivity index (χ1) is 14.0. The van der Waals surface area contributed by atoms with Crippen molar-refractivity contribution >= 4 is 22.5 Å². The van der Waals surface area contributed by atoms with Crippen LogP contribution in [-0.4, -0.2) is 24.5 Å². The number of unbranched alkanes of at least 4 members (excludes halogenated alkanes) is 1. The highest BCUT2D eigenvalue weighted by Gasteiger charge is 2.15. The number of carbonyl (C=O) groups is 1. The maximum absolute atomic E-state index is 13.0. The summed E-state index contributed by atoms with van der Waals surface area (Å²) in [6, 6.07) is 11.0. The first-order valence-corrected chi connectivity index (χ1v) is 9.56. The number of carbonyl (C=O) groups excluding carboxylic acids is 1. The molecule has 1 heterocycles. The monoisotopic (exact) mass is 396 g/mol. The van der Waals surface area contributed by atoms with Gasteiger partial charge >= 0.3 is 0 Å². The van der Waals surface area contributed by atoms with E-state index in [9.17, 15) is 14.0 Å². The Labute approximate surface area is 168 Å². The van der Waals surface area contributed by atoms with Crippen LogP contribution in [0.3, 0.4) is 0 Å². The van der Waals surface area contributed by atoms with Gasteiger partial charge in [-0.25, -0.2) is 4.39 Å². The van der Waals surface area contributed by atoms with Crippen LogP contribution < -0.4 is 20.9 Å². The van der Waals surface area contributed by atoms with Crippen LogP contribution in [0.5, 0.6) is 5.75 Å². The number of ether oxygens (including phenoxy) is 1. The highest BCUT2D eigenvalue weighted by Crippen LogP contribution is 2.32. The highest BCUT2D eigenvalue weighted by atomic mass is 18.2. The minimum Gasteiger partial charge on any atom is -0.489 e. The Morgan fingerprint density at radius 2 is 1.93 bits per heavy atom.